The number of ketones is 1. The van der Waals surface area contributed by atoms with Gasteiger partial charge in [-0.2, -0.15) is 0 Å². The predicted molar refractivity (Wildman–Crippen MR) is 91.4 cm³/mol. The van der Waals surface area contributed by atoms with Gasteiger partial charge in [-0.05, 0) is 49.7 Å². The van der Waals surface area contributed by atoms with Crippen molar-refractivity contribution < 1.29 is 24.3 Å². The Kier molecular flexibility index (Phi) is 5.51. The van der Waals surface area contributed by atoms with E-state index in [2.05, 4.69) is 5.32 Å². The normalized spacial score (nSPS) is 10.1. The fourth-order valence-corrected chi connectivity index (χ4v) is 2.29. The maximum atomic E-state index is 12.6. The molecule has 3 N–H and O–H groups in total. The lowest BCUT2D eigenvalue weighted by Crippen LogP contribution is -2.20. The number of carbonyl (C=O) groups excluding carboxylic acids is 3. The summed E-state index contributed by atoms with van der Waals surface area (Å²) in [4.78, 5) is 35.7. The molecule has 7 nitrogen and oxygen atoms in total. The zero-order chi connectivity index (χ0) is 18.6. The Bertz CT molecular complexity index is 845. The minimum absolute atomic E-state index is 0.141. The number of rotatable bonds is 5. The highest BCUT2D eigenvalue weighted by atomic mass is 16.5. The molecule has 0 radical (unpaired) electrons. The maximum absolute atomic E-state index is 12.6. The Morgan fingerprint density at radius 2 is 1.68 bits per heavy atom. The van der Waals surface area contributed by atoms with Gasteiger partial charge in [0.1, 0.15) is 5.75 Å². The highest BCUT2D eigenvalue weighted by molar-refractivity contribution is 6.08. The average molecular weight is 342 g/mol. The van der Waals surface area contributed by atoms with Crippen LogP contribution >= 0.6 is 0 Å². The summed E-state index contributed by atoms with van der Waals surface area (Å²) in [7, 11) is 1.45. The largest absolute Gasteiger partial charge is 0.495 e. The smallest absolute Gasteiger partial charge is 0.274 e. The van der Waals surface area contributed by atoms with Crippen LogP contribution in [-0.4, -0.2) is 29.9 Å². The molecule has 2 rings (SSSR count). The van der Waals surface area contributed by atoms with E-state index in [4.69, 9.17) is 9.94 Å². The van der Waals surface area contributed by atoms with E-state index in [9.17, 15) is 14.4 Å². The van der Waals surface area contributed by atoms with Gasteiger partial charge < -0.3 is 10.1 Å². The quantitative estimate of drug-likeness (QED) is 0.440. The molecule has 2 amide bonds. The Hall–Kier alpha value is -3.19. The number of hydroxylamine groups is 1. The van der Waals surface area contributed by atoms with Crippen molar-refractivity contribution in [2.45, 2.75) is 13.8 Å². The number of anilines is 1. The number of carbonyl (C=O) groups is 3. The van der Waals surface area contributed by atoms with E-state index in [0.29, 0.717) is 22.6 Å². The maximum Gasteiger partial charge on any atom is 0.274 e. The van der Waals surface area contributed by atoms with Crippen LogP contribution in [0.1, 0.15) is 43.6 Å². The molecule has 0 spiro atoms. The molecule has 0 aromatic heterocycles. The fourth-order valence-electron chi connectivity index (χ4n) is 2.29. The van der Waals surface area contributed by atoms with Gasteiger partial charge in [-0.3, -0.25) is 19.6 Å². The third-order valence-electron chi connectivity index (χ3n) is 3.70. The van der Waals surface area contributed by atoms with Crippen molar-refractivity contribution in [1.82, 2.24) is 5.48 Å². The highest BCUT2D eigenvalue weighted by Crippen LogP contribution is 2.26. The molecule has 0 fully saturated rings. The van der Waals surface area contributed by atoms with E-state index >= 15 is 0 Å². The summed E-state index contributed by atoms with van der Waals surface area (Å²) in [5.74, 6) is -0.925. The molecule has 0 heterocycles. The third-order valence-corrected chi connectivity index (χ3v) is 3.70. The summed E-state index contributed by atoms with van der Waals surface area (Å²) in [6.07, 6.45) is 0. The van der Waals surface area contributed by atoms with Gasteiger partial charge in [0.25, 0.3) is 11.8 Å². The van der Waals surface area contributed by atoms with E-state index < -0.39 is 11.8 Å². The van der Waals surface area contributed by atoms with Crippen LogP contribution in [0.15, 0.2) is 36.4 Å². The molecule has 0 bridgehead atoms. The first kappa shape index (κ1) is 18.2. The standard InChI is InChI=1S/C18H18N2O5/c1-10-4-5-13(17(22)20-24)8-14(10)18(23)19-15-9-12(11(2)21)6-7-16(15)25-3/h4-9,24H,1-3H3,(H,19,23)(H,20,22). The number of ether oxygens (including phenoxy) is 1. The van der Waals surface area contributed by atoms with Crippen molar-refractivity contribution in [1.29, 1.82) is 0 Å². The minimum atomic E-state index is -0.717. The van der Waals surface area contributed by atoms with Crippen LogP contribution in [0.2, 0.25) is 0 Å². The number of methoxy groups -OCH3 is 1. The first-order chi connectivity index (χ1) is 11.9. The Morgan fingerprint density at radius 1 is 1.00 bits per heavy atom. The Balaban J connectivity index is 2.38. The lowest BCUT2D eigenvalue weighted by molar-refractivity contribution is 0.0706. The second-order valence-electron chi connectivity index (χ2n) is 5.40. The van der Waals surface area contributed by atoms with Crippen molar-refractivity contribution in [3.63, 3.8) is 0 Å². The van der Waals surface area contributed by atoms with Crippen molar-refractivity contribution in [3.05, 3.63) is 58.7 Å². The van der Waals surface area contributed by atoms with Crippen LogP contribution < -0.4 is 15.5 Å². The number of aryl methyl sites for hydroxylation is 1. The van der Waals surface area contributed by atoms with Crippen LogP contribution in [0.4, 0.5) is 5.69 Å². The van der Waals surface area contributed by atoms with Gasteiger partial charge in [0, 0.05) is 16.7 Å². The number of nitrogens with one attached hydrogen (secondary N) is 2. The summed E-state index contributed by atoms with van der Waals surface area (Å²) < 4.78 is 5.20. The lowest BCUT2D eigenvalue weighted by Gasteiger charge is -2.13. The van der Waals surface area contributed by atoms with Crippen LogP contribution in [0.25, 0.3) is 0 Å². The second-order valence-corrected chi connectivity index (χ2v) is 5.40. The molecule has 0 saturated heterocycles. The summed E-state index contributed by atoms with van der Waals surface area (Å²) >= 11 is 0. The molecule has 2 aromatic carbocycles. The molecule has 0 saturated carbocycles. The van der Waals surface area contributed by atoms with Crippen molar-refractivity contribution >= 4 is 23.3 Å². The van der Waals surface area contributed by atoms with Crippen molar-refractivity contribution in [2.75, 3.05) is 12.4 Å². The monoisotopic (exact) mass is 342 g/mol. The van der Waals surface area contributed by atoms with Crippen molar-refractivity contribution in [2.24, 2.45) is 0 Å². The third kappa shape index (κ3) is 4.02. The number of Topliss-reactive ketones (excluding diaryl/α,β-unsaturated/α-hetero) is 1. The van der Waals surface area contributed by atoms with Gasteiger partial charge in [-0.1, -0.05) is 6.07 Å². The molecule has 0 unspecified atom stereocenters. The Labute approximate surface area is 144 Å². The number of benzene rings is 2. The van der Waals surface area contributed by atoms with Gasteiger partial charge >= 0.3 is 0 Å². The minimum Gasteiger partial charge on any atom is -0.495 e. The number of hydrogen-bond acceptors (Lipinski definition) is 5. The van der Waals surface area contributed by atoms with Crippen LogP contribution in [0.5, 0.6) is 5.75 Å². The molecule has 2 aromatic rings. The summed E-state index contributed by atoms with van der Waals surface area (Å²) in [6.45, 7) is 3.15. The van der Waals surface area contributed by atoms with Crippen LogP contribution in [-0.2, 0) is 0 Å². The highest BCUT2D eigenvalue weighted by Gasteiger charge is 2.16. The van der Waals surface area contributed by atoms with Gasteiger partial charge in [0.2, 0.25) is 0 Å². The summed E-state index contributed by atoms with van der Waals surface area (Å²) in [6, 6.07) is 9.19. The van der Waals surface area contributed by atoms with E-state index in [0.717, 1.165) is 0 Å². The first-order valence-electron chi connectivity index (χ1n) is 7.42. The molecule has 0 aliphatic rings. The lowest BCUT2D eigenvalue weighted by atomic mass is 10.0. The van der Waals surface area contributed by atoms with E-state index in [1.165, 1.54) is 37.7 Å². The van der Waals surface area contributed by atoms with E-state index in [1.807, 2.05) is 0 Å². The van der Waals surface area contributed by atoms with Gasteiger partial charge in [0.15, 0.2) is 5.78 Å². The molecule has 0 aliphatic carbocycles. The summed E-state index contributed by atoms with van der Waals surface area (Å²) in [5.41, 5.74) is 3.35. The molecule has 0 atom stereocenters. The zero-order valence-corrected chi connectivity index (χ0v) is 14.0. The van der Waals surface area contributed by atoms with E-state index in [1.54, 1.807) is 25.1 Å². The van der Waals surface area contributed by atoms with Crippen LogP contribution in [0.3, 0.4) is 0 Å². The second kappa shape index (κ2) is 7.59. The van der Waals surface area contributed by atoms with E-state index in [-0.39, 0.29) is 16.9 Å². The zero-order valence-electron chi connectivity index (χ0n) is 14.0. The Morgan fingerprint density at radius 3 is 2.28 bits per heavy atom. The van der Waals surface area contributed by atoms with Gasteiger partial charge in [0.05, 0.1) is 12.8 Å². The SMILES string of the molecule is COc1ccc(C(C)=O)cc1NC(=O)c1cc(C(=O)NO)ccc1C. The van der Waals surface area contributed by atoms with Crippen LogP contribution in [0, 0.1) is 6.92 Å². The number of hydrogen-bond donors (Lipinski definition) is 3. The first-order valence-corrected chi connectivity index (χ1v) is 7.42. The molecular formula is C18H18N2O5. The molecule has 25 heavy (non-hydrogen) atoms. The fraction of sp³-hybridized carbons (Fsp3) is 0.167. The summed E-state index contributed by atoms with van der Waals surface area (Å²) in [5, 5.41) is 11.4. The number of amides is 2. The van der Waals surface area contributed by atoms with Crippen molar-refractivity contribution in [3.8, 4) is 5.75 Å². The van der Waals surface area contributed by atoms with Gasteiger partial charge in [-0.25, -0.2) is 5.48 Å². The molecule has 0 aliphatic heterocycles. The molecule has 7 heteroatoms. The molecule has 130 valence electrons. The average Bonchev–Trinajstić information content (AvgIpc) is 2.61. The predicted octanol–water partition coefficient (Wildman–Crippen LogP) is 2.58. The molecular weight excluding hydrogens is 324 g/mol. The van der Waals surface area contributed by atoms with Gasteiger partial charge in [-0.15, -0.1) is 0 Å². The topological polar surface area (TPSA) is 105 Å².